The van der Waals surface area contributed by atoms with E-state index in [0.717, 1.165) is 59.0 Å². The van der Waals surface area contributed by atoms with E-state index in [4.69, 9.17) is 19.7 Å². The van der Waals surface area contributed by atoms with Crippen LogP contribution in [0, 0.1) is 0 Å². The predicted octanol–water partition coefficient (Wildman–Crippen LogP) is 3.04. The number of hydrogen-bond acceptors (Lipinski definition) is 6. The van der Waals surface area contributed by atoms with Crippen molar-refractivity contribution in [3.63, 3.8) is 0 Å². The van der Waals surface area contributed by atoms with E-state index in [9.17, 15) is 18.0 Å². The maximum absolute atomic E-state index is 12.3. The number of ether oxygens (including phenoxy) is 1. The summed E-state index contributed by atoms with van der Waals surface area (Å²) < 4.78 is 38.8. The van der Waals surface area contributed by atoms with E-state index in [0.29, 0.717) is 13.1 Å². The largest absolute Gasteiger partial charge is 0.497 e. The number of halogens is 3. The first-order chi connectivity index (χ1) is 16.7. The molecule has 2 aromatic heterocycles. The van der Waals surface area contributed by atoms with Gasteiger partial charge >= 0.3 is 12.1 Å². The molecule has 35 heavy (non-hydrogen) atoms. The highest BCUT2D eigenvalue weighted by Crippen LogP contribution is 2.36. The van der Waals surface area contributed by atoms with Gasteiger partial charge in [0.15, 0.2) is 0 Å². The number of aromatic nitrogens is 3. The number of fused-ring (bicyclic) bond motifs is 5. The molecule has 2 aliphatic rings. The Hall–Kier alpha value is -4.09. The molecule has 12 heteroatoms. The lowest BCUT2D eigenvalue weighted by Crippen LogP contribution is -2.36. The number of carbonyl (C=O) groups excluding carboxylic acids is 1. The number of aliphatic carboxylic acids is 1. The first-order valence-electron chi connectivity index (χ1n) is 10.7. The number of carbonyl (C=O) groups is 2. The van der Waals surface area contributed by atoms with Crippen LogP contribution in [-0.4, -0.2) is 51.6 Å². The predicted molar refractivity (Wildman–Crippen MR) is 119 cm³/mol. The Morgan fingerprint density at radius 1 is 1.26 bits per heavy atom. The summed E-state index contributed by atoms with van der Waals surface area (Å²) in [6.07, 6.45) is -1.46. The van der Waals surface area contributed by atoms with Crippen LogP contribution in [-0.2, 0) is 30.7 Å². The van der Waals surface area contributed by atoms with Crippen molar-refractivity contribution in [2.24, 2.45) is 0 Å². The highest BCUT2D eigenvalue weighted by atomic mass is 19.4. The average Bonchev–Trinajstić information content (AvgIpc) is 3.23. The lowest BCUT2D eigenvalue weighted by Gasteiger charge is -2.18. The second kappa shape index (κ2) is 9.65. The summed E-state index contributed by atoms with van der Waals surface area (Å²) in [4.78, 5) is 25.8. The van der Waals surface area contributed by atoms with Crippen LogP contribution in [0.5, 0.6) is 5.75 Å². The fourth-order valence-corrected chi connectivity index (χ4v) is 3.92. The number of alkyl halides is 3. The molecule has 0 saturated carbocycles. The molecule has 0 unspecified atom stereocenters. The molecular formula is C23H22F3N5O4. The van der Waals surface area contributed by atoms with Crippen LogP contribution in [0.3, 0.4) is 0 Å². The van der Waals surface area contributed by atoms with Crippen molar-refractivity contribution in [3.05, 3.63) is 58.9 Å². The molecule has 1 aromatic carbocycles. The lowest BCUT2D eigenvalue weighted by molar-refractivity contribution is -0.192. The zero-order chi connectivity index (χ0) is 25.2. The van der Waals surface area contributed by atoms with Crippen molar-refractivity contribution in [2.45, 2.75) is 32.1 Å². The molecule has 1 amide bonds. The van der Waals surface area contributed by atoms with E-state index < -0.39 is 12.1 Å². The molecule has 0 atom stereocenters. The number of carboxylic acids is 1. The summed E-state index contributed by atoms with van der Waals surface area (Å²) in [6, 6.07) is 10.0. The maximum Gasteiger partial charge on any atom is 0.490 e. The molecule has 3 N–H and O–H groups in total. The van der Waals surface area contributed by atoms with Crippen molar-refractivity contribution in [3.8, 4) is 17.0 Å². The minimum atomic E-state index is -5.08. The number of carboxylic acid groups (broad SMARTS) is 1. The second-order valence-corrected chi connectivity index (χ2v) is 7.89. The van der Waals surface area contributed by atoms with E-state index in [1.807, 2.05) is 41.2 Å². The number of anilines is 1. The summed E-state index contributed by atoms with van der Waals surface area (Å²) in [5.41, 5.74) is 6.09. The van der Waals surface area contributed by atoms with Crippen LogP contribution in [0.15, 0.2) is 36.5 Å². The van der Waals surface area contributed by atoms with Crippen molar-refractivity contribution in [2.75, 3.05) is 19.0 Å². The fraction of sp³-hybridized carbons (Fsp3) is 0.304. The molecule has 1 aliphatic heterocycles. The van der Waals surface area contributed by atoms with E-state index in [2.05, 4.69) is 15.6 Å². The van der Waals surface area contributed by atoms with E-state index in [1.165, 1.54) is 5.56 Å². The van der Waals surface area contributed by atoms with Gasteiger partial charge in [-0.05, 0) is 42.2 Å². The number of nitrogens with zero attached hydrogens (tertiary/aromatic N) is 3. The Labute approximate surface area is 197 Å². The molecule has 0 saturated heterocycles. The van der Waals surface area contributed by atoms with E-state index in [1.54, 1.807) is 7.11 Å². The average molecular weight is 489 g/mol. The smallest absolute Gasteiger partial charge is 0.490 e. The molecule has 5 rings (SSSR count). The zero-order valence-electron chi connectivity index (χ0n) is 18.6. The topological polar surface area (TPSA) is 118 Å². The summed E-state index contributed by atoms with van der Waals surface area (Å²) in [7, 11) is 1.66. The van der Waals surface area contributed by atoms with Crippen LogP contribution < -0.4 is 15.4 Å². The molecule has 1 aliphatic carbocycles. The highest BCUT2D eigenvalue weighted by molar-refractivity contribution is 5.97. The Balaban J connectivity index is 0.000000364. The quantitative estimate of drug-likeness (QED) is 0.516. The summed E-state index contributed by atoms with van der Waals surface area (Å²) in [6.45, 7) is 2.02. The van der Waals surface area contributed by atoms with Gasteiger partial charge in [0.05, 0.1) is 19.3 Å². The molecule has 3 heterocycles. The number of nitrogens with one attached hydrogen (secondary N) is 2. The van der Waals surface area contributed by atoms with E-state index in [-0.39, 0.29) is 5.91 Å². The minimum absolute atomic E-state index is 0.0182. The lowest BCUT2D eigenvalue weighted by atomic mass is 9.90. The Bertz CT molecular complexity index is 1260. The van der Waals surface area contributed by atoms with Crippen LogP contribution in [0.1, 0.15) is 27.2 Å². The summed E-state index contributed by atoms with van der Waals surface area (Å²) in [5.74, 6) is -1.13. The van der Waals surface area contributed by atoms with Crippen LogP contribution >= 0.6 is 0 Å². The van der Waals surface area contributed by atoms with Gasteiger partial charge in [-0.15, -0.1) is 0 Å². The van der Waals surface area contributed by atoms with Crippen molar-refractivity contribution in [1.82, 2.24) is 20.1 Å². The molecule has 184 valence electrons. The van der Waals surface area contributed by atoms with Gasteiger partial charge in [-0.1, -0.05) is 12.1 Å². The molecule has 0 spiro atoms. The molecule has 3 aromatic rings. The third kappa shape index (κ3) is 5.20. The molecular weight excluding hydrogens is 467 g/mol. The molecule has 0 bridgehead atoms. The first-order valence-corrected chi connectivity index (χ1v) is 10.7. The second-order valence-electron chi connectivity index (χ2n) is 7.89. The van der Waals surface area contributed by atoms with Crippen LogP contribution in [0.4, 0.5) is 19.0 Å². The fourth-order valence-electron chi connectivity index (χ4n) is 3.92. The Morgan fingerprint density at radius 3 is 2.63 bits per heavy atom. The third-order valence-corrected chi connectivity index (χ3v) is 5.64. The molecule has 0 fully saturated rings. The standard InChI is InChI=1S/C21H21N5O2.C2HF3O2/c1-28-15-5-2-13(3-6-15)11-23-18-10-17-14(12-24-18)4-7-16-19(17)25-26-9-8-22-21(27)20(16)26;3-2(4,5)1(6)7/h2-3,5-6,10,12H,4,7-9,11H2,1H3,(H,22,27)(H,23,24);(H,6,7). The van der Waals surface area contributed by atoms with Gasteiger partial charge < -0.3 is 20.5 Å². The maximum atomic E-state index is 12.3. The number of aryl methyl sites for hydroxylation is 1. The summed E-state index contributed by atoms with van der Waals surface area (Å²) >= 11 is 0. The van der Waals surface area contributed by atoms with Gasteiger partial charge in [0, 0.05) is 30.4 Å². The van der Waals surface area contributed by atoms with Crippen molar-refractivity contribution < 1.29 is 32.6 Å². The van der Waals surface area contributed by atoms with Gasteiger partial charge in [-0.25, -0.2) is 9.78 Å². The van der Waals surface area contributed by atoms with E-state index >= 15 is 0 Å². The number of rotatable bonds is 4. The number of methoxy groups -OCH3 is 1. The SMILES string of the molecule is COc1ccc(CNc2cc3c(cn2)CCc2c-3nn3c2C(=O)NCC3)cc1.O=C(O)C(F)(F)F. The van der Waals surface area contributed by atoms with Gasteiger partial charge in [-0.2, -0.15) is 18.3 Å². The number of amides is 1. The molecule has 9 nitrogen and oxygen atoms in total. The van der Waals surface area contributed by atoms with Crippen molar-refractivity contribution in [1.29, 1.82) is 0 Å². The highest BCUT2D eigenvalue weighted by Gasteiger charge is 2.38. The number of benzene rings is 1. The summed E-state index contributed by atoms with van der Waals surface area (Å²) in [5, 5.41) is 18.2. The van der Waals surface area contributed by atoms with Gasteiger partial charge in [0.2, 0.25) is 0 Å². The monoisotopic (exact) mass is 489 g/mol. The third-order valence-electron chi connectivity index (χ3n) is 5.64. The van der Waals surface area contributed by atoms with Gasteiger partial charge in [-0.3, -0.25) is 9.48 Å². The minimum Gasteiger partial charge on any atom is -0.497 e. The zero-order valence-corrected chi connectivity index (χ0v) is 18.6. The molecule has 0 radical (unpaired) electrons. The first kappa shape index (κ1) is 24.0. The number of hydrogen-bond donors (Lipinski definition) is 3. The van der Waals surface area contributed by atoms with Crippen molar-refractivity contribution >= 4 is 17.7 Å². The Morgan fingerprint density at radius 2 is 1.97 bits per heavy atom. The Kier molecular flexibility index (Phi) is 6.63. The van der Waals surface area contributed by atoms with Crippen LogP contribution in [0.25, 0.3) is 11.3 Å². The van der Waals surface area contributed by atoms with Gasteiger partial charge in [0.1, 0.15) is 17.3 Å². The normalized spacial score (nSPS) is 13.9. The van der Waals surface area contributed by atoms with Gasteiger partial charge in [0.25, 0.3) is 5.91 Å². The number of pyridine rings is 1. The van der Waals surface area contributed by atoms with Crippen LogP contribution in [0.2, 0.25) is 0 Å².